The first kappa shape index (κ1) is 16.1. The van der Waals surface area contributed by atoms with E-state index in [0.29, 0.717) is 31.1 Å². The summed E-state index contributed by atoms with van der Waals surface area (Å²) in [7, 11) is -3.48. The number of hydrogen-bond acceptors (Lipinski definition) is 5. The Hall–Kier alpha value is -1.31. The Kier molecular flexibility index (Phi) is 4.75. The second kappa shape index (κ2) is 6.21. The monoisotopic (exact) mass is 313 g/mol. The normalized spacial score (nSPS) is 18.4. The first-order valence-electron chi connectivity index (χ1n) is 7.11. The molecule has 6 nitrogen and oxygen atoms in total. The molecule has 0 radical (unpaired) electrons. The highest BCUT2D eigenvalue weighted by atomic mass is 32.2. The predicted molar refractivity (Wildman–Crippen MR) is 83.8 cm³/mol. The van der Waals surface area contributed by atoms with Crippen molar-refractivity contribution in [1.82, 2.24) is 4.72 Å². The van der Waals surface area contributed by atoms with E-state index in [0.717, 1.165) is 12.8 Å². The van der Waals surface area contributed by atoms with Crippen LogP contribution in [0.2, 0.25) is 0 Å². The zero-order valence-electron chi connectivity index (χ0n) is 12.5. The third-order valence-electron chi connectivity index (χ3n) is 3.70. The molecule has 7 heteroatoms. The van der Waals surface area contributed by atoms with Crippen molar-refractivity contribution in [3.63, 3.8) is 0 Å². The smallest absolute Gasteiger partial charge is 0.240 e. The minimum absolute atomic E-state index is 0.132. The minimum atomic E-state index is -3.48. The molecule has 1 saturated heterocycles. The fraction of sp³-hybridized carbons (Fsp3) is 0.571. The van der Waals surface area contributed by atoms with Crippen molar-refractivity contribution in [3.05, 3.63) is 18.2 Å². The van der Waals surface area contributed by atoms with E-state index in [1.807, 2.05) is 0 Å². The van der Waals surface area contributed by atoms with Crippen LogP contribution in [0.5, 0.6) is 0 Å². The molecule has 1 aliphatic rings. The lowest BCUT2D eigenvalue weighted by atomic mass is 9.92. The molecule has 2 rings (SSSR count). The zero-order chi connectivity index (χ0) is 15.5. The average Bonchev–Trinajstić information content (AvgIpc) is 2.41. The molecule has 1 aromatic carbocycles. The van der Waals surface area contributed by atoms with Crippen LogP contribution in [-0.4, -0.2) is 33.7 Å². The summed E-state index contributed by atoms with van der Waals surface area (Å²) in [5.74, 6) is 0. The van der Waals surface area contributed by atoms with E-state index in [2.05, 4.69) is 17.0 Å². The molecule has 0 aliphatic carbocycles. The van der Waals surface area contributed by atoms with Crippen LogP contribution in [0.15, 0.2) is 23.1 Å². The van der Waals surface area contributed by atoms with Crippen molar-refractivity contribution in [2.24, 2.45) is 0 Å². The summed E-state index contributed by atoms with van der Waals surface area (Å²) >= 11 is 0. The summed E-state index contributed by atoms with van der Waals surface area (Å²) < 4.78 is 32.0. The molecule has 4 N–H and O–H groups in total. The molecule has 1 aromatic rings. The van der Waals surface area contributed by atoms with Crippen LogP contribution in [0, 0.1) is 0 Å². The lowest BCUT2D eigenvalue weighted by molar-refractivity contribution is 0.0658. The van der Waals surface area contributed by atoms with Crippen molar-refractivity contribution in [3.8, 4) is 0 Å². The van der Waals surface area contributed by atoms with Crippen molar-refractivity contribution < 1.29 is 13.2 Å². The van der Waals surface area contributed by atoms with Gasteiger partial charge in [0.05, 0.1) is 16.3 Å². The summed E-state index contributed by atoms with van der Waals surface area (Å²) in [5.41, 5.74) is 7.03. The molecule has 0 aromatic heterocycles. The molecule has 0 amide bonds. The van der Waals surface area contributed by atoms with E-state index in [-0.39, 0.29) is 10.4 Å². The van der Waals surface area contributed by atoms with Crippen molar-refractivity contribution in [2.75, 3.05) is 30.8 Å². The summed E-state index contributed by atoms with van der Waals surface area (Å²) in [6, 6.07) is 4.73. The van der Waals surface area contributed by atoms with Crippen LogP contribution in [0.3, 0.4) is 0 Å². The van der Waals surface area contributed by atoms with Crippen LogP contribution in [0.4, 0.5) is 11.4 Å². The summed E-state index contributed by atoms with van der Waals surface area (Å²) in [6.07, 6.45) is 1.72. The molecule has 1 aliphatic heterocycles. The van der Waals surface area contributed by atoms with Crippen molar-refractivity contribution in [1.29, 1.82) is 0 Å². The highest BCUT2D eigenvalue weighted by molar-refractivity contribution is 7.89. The Morgan fingerprint density at radius 1 is 1.33 bits per heavy atom. The Labute approximate surface area is 126 Å². The van der Waals surface area contributed by atoms with E-state index < -0.39 is 10.0 Å². The second-order valence-electron chi connectivity index (χ2n) is 5.55. The number of nitrogens with one attached hydrogen (secondary N) is 2. The number of rotatable bonds is 5. The van der Waals surface area contributed by atoms with Gasteiger partial charge in [0.1, 0.15) is 0 Å². The fourth-order valence-electron chi connectivity index (χ4n) is 2.36. The van der Waals surface area contributed by atoms with Crippen LogP contribution < -0.4 is 15.8 Å². The van der Waals surface area contributed by atoms with Gasteiger partial charge in [-0.2, -0.15) is 0 Å². The first-order chi connectivity index (χ1) is 9.86. The van der Waals surface area contributed by atoms with Gasteiger partial charge in [0, 0.05) is 25.3 Å². The van der Waals surface area contributed by atoms with E-state index in [4.69, 9.17) is 10.5 Å². The topological polar surface area (TPSA) is 93.5 Å². The van der Waals surface area contributed by atoms with Gasteiger partial charge in [-0.3, -0.25) is 0 Å². The molecular weight excluding hydrogens is 290 g/mol. The molecule has 1 heterocycles. The van der Waals surface area contributed by atoms with Crippen LogP contribution >= 0.6 is 0 Å². The molecule has 0 bridgehead atoms. The minimum Gasteiger partial charge on any atom is -0.397 e. The maximum Gasteiger partial charge on any atom is 0.240 e. The number of benzene rings is 1. The number of nitrogen functional groups attached to an aromatic ring is 1. The SMILES string of the molecule is CCNS(=O)(=O)c1ccc(N)c(NC2(C)CCOCC2)c1. The van der Waals surface area contributed by atoms with Crippen molar-refractivity contribution >= 4 is 21.4 Å². The molecule has 1 fully saturated rings. The standard InChI is InChI=1S/C14H23N3O3S/c1-3-16-21(18,19)11-4-5-12(15)13(10-11)17-14(2)6-8-20-9-7-14/h4-5,10,16-17H,3,6-9,15H2,1-2H3. The predicted octanol–water partition coefficient (Wildman–Crippen LogP) is 1.55. The maximum atomic E-state index is 12.1. The number of anilines is 2. The fourth-order valence-corrected chi connectivity index (χ4v) is 3.42. The first-order valence-corrected chi connectivity index (χ1v) is 8.60. The van der Waals surface area contributed by atoms with Gasteiger partial charge < -0.3 is 15.8 Å². The summed E-state index contributed by atoms with van der Waals surface area (Å²) in [4.78, 5) is 0.219. The van der Waals surface area contributed by atoms with Gasteiger partial charge in [0.15, 0.2) is 0 Å². The van der Waals surface area contributed by atoms with Crippen LogP contribution in [-0.2, 0) is 14.8 Å². The molecular formula is C14H23N3O3S. The maximum absolute atomic E-state index is 12.1. The number of nitrogens with two attached hydrogens (primary N) is 1. The third-order valence-corrected chi connectivity index (χ3v) is 5.25. The largest absolute Gasteiger partial charge is 0.397 e. The molecule has 0 saturated carbocycles. The third kappa shape index (κ3) is 3.87. The Bertz CT molecular complexity index is 595. The summed E-state index contributed by atoms with van der Waals surface area (Å²) in [6.45, 7) is 5.58. The quantitative estimate of drug-likeness (QED) is 0.717. The Morgan fingerprint density at radius 2 is 2.00 bits per heavy atom. The second-order valence-corrected chi connectivity index (χ2v) is 7.32. The van der Waals surface area contributed by atoms with E-state index in [9.17, 15) is 8.42 Å². The van der Waals surface area contributed by atoms with Gasteiger partial charge in [-0.1, -0.05) is 6.92 Å². The van der Waals surface area contributed by atoms with Gasteiger partial charge >= 0.3 is 0 Å². The van der Waals surface area contributed by atoms with Gasteiger partial charge in [0.25, 0.3) is 0 Å². The van der Waals surface area contributed by atoms with Gasteiger partial charge in [0.2, 0.25) is 10.0 Å². The molecule has 118 valence electrons. The number of ether oxygens (including phenoxy) is 1. The highest BCUT2D eigenvalue weighted by Gasteiger charge is 2.28. The van der Waals surface area contributed by atoms with Gasteiger partial charge in [-0.05, 0) is 38.0 Å². The zero-order valence-corrected chi connectivity index (χ0v) is 13.3. The Morgan fingerprint density at radius 3 is 2.62 bits per heavy atom. The van der Waals surface area contributed by atoms with Gasteiger partial charge in [-0.15, -0.1) is 0 Å². The molecule has 0 spiro atoms. The molecule has 0 unspecified atom stereocenters. The number of sulfonamides is 1. The lowest BCUT2D eigenvalue weighted by Gasteiger charge is -2.36. The average molecular weight is 313 g/mol. The van der Waals surface area contributed by atoms with Crippen LogP contribution in [0.25, 0.3) is 0 Å². The van der Waals surface area contributed by atoms with Crippen LogP contribution in [0.1, 0.15) is 26.7 Å². The summed E-state index contributed by atoms with van der Waals surface area (Å²) in [5, 5.41) is 3.38. The Balaban J connectivity index is 2.27. The van der Waals surface area contributed by atoms with Crippen molar-refractivity contribution in [2.45, 2.75) is 37.1 Å². The van der Waals surface area contributed by atoms with E-state index in [1.54, 1.807) is 19.1 Å². The number of hydrogen-bond donors (Lipinski definition) is 3. The van der Waals surface area contributed by atoms with Gasteiger partial charge in [-0.25, -0.2) is 13.1 Å². The van der Waals surface area contributed by atoms with E-state index >= 15 is 0 Å². The molecule has 21 heavy (non-hydrogen) atoms. The highest BCUT2D eigenvalue weighted by Crippen LogP contribution is 2.30. The molecule has 0 atom stereocenters. The lowest BCUT2D eigenvalue weighted by Crippen LogP contribution is -2.40. The van der Waals surface area contributed by atoms with E-state index in [1.165, 1.54) is 6.07 Å².